The fraction of sp³-hybridized carbons (Fsp3) is 0.316. The molecule has 26 heavy (non-hydrogen) atoms. The van der Waals surface area contributed by atoms with E-state index < -0.39 is 6.04 Å². The van der Waals surface area contributed by atoms with E-state index in [1.54, 1.807) is 17.8 Å². The fourth-order valence-electron chi connectivity index (χ4n) is 2.79. The zero-order valence-corrected chi connectivity index (χ0v) is 16.6. The predicted octanol–water partition coefficient (Wildman–Crippen LogP) is 4.61. The van der Waals surface area contributed by atoms with Crippen LogP contribution >= 0.6 is 35.8 Å². The van der Waals surface area contributed by atoms with Crippen LogP contribution in [-0.2, 0) is 9.53 Å². The molecule has 3 N–H and O–H groups in total. The summed E-state index contributed by atoms with van der Waals surface area (Å²) >= 11 is 7.96. The van der Waals surface area contributed by atoms with Gasteiger partial charge < -0.3 is 15.8 Å². The number of ether oxygens (including phenoxy) is 1. The highest BCUT2D eigenvalue weighted by Crippen LogP contribution is 2.34. The highest BCUT2D eigenvalue weighted by Gasteiger charge is 2.26. The third-order valence-electron chi connectivity index (χ3n) is 4.25. The second-order valence-corrected chi connectivity index (χ2v) is 7.55. The third kappa shape index (κ3) is 5.63. The quantitative estimate of drug-likeness (QED) is 0.752. The van der Waals surface area contributed by atoms with Crippen LogP contribution < -0.4 is 11.1 Å². The summed E-state index contributed by atoms with van der Waals surface area (Å²) in [6, 6.07) is 15.0. The fourth-order valence-corrected chi connectivity index (χ4v) is 3.93. The van der Waals surface area contributed by atoms with Crippen LogP contribution in [0.4, 0.5) is 5.69 Å². The van der Waals surface area contributed by atoms with Crippen molar-refractivity contribution in [2.24, 2.45) is 11.7 Å². The minimum Gasteiger partial charge on any atom is -0.381 e. The van der Waals surface area contributed by atoms with E-state index >= 15 is 0 Å². The van der Waals surface area contributed by atoms with Gasteiger partial charge in [-0.05, 0) is 49.1 Å². The molecule has 0 spiro atoms. The second kappa shape index (κ2) is 10.2. The van der Waals surface area contributed by atoms with Crippen LogP contribution in [0.3, 0.4) is 0 Å². The van der Waals surface area contributed by atoms with Gasteiger partial charge in [0.25, 0.3) is 0 Å². The lowest BCUT2D eigenvalue weighted by Crippen LogP contribution is -2.44. The number of rotatable bonds is 5. The summed E-state index contributed by atoms with van der Waals surface area (Å²) in [7, 11) is 0. The number of halogens is 2. The molecule has 2 aromatic carbocycles. The van der Waals surface area contributed by atoms with E-state index in [4.69, 9.17) is 22.1 Å². The lowest BCUT2D eigenvalue weighted by atomic mass is 9.92. The molecule has 0 saturated carbocycles. The second-order valence-electron chi connectivity index (χ2n) is 6.03. The number of carbonyl (C=O) groups excluding carboxylic acids is 1. The van der Waals surface area contributed by atoms with Gasteiger partial charge in [-0.15, -0.1) is 12.4 Å². The molecule has 3 rings (SSSR count). The Morgan fingerprint density at radius 3 is 2.54 bits per heavy atom. The van der Waals surface area contributed by atoms with Gasteiger partial charge in [0.2, 0.25) is 5.91 Å². The average molecular weight is 413 g/mol. The first-order chi connectivity index (χ1) is 12.1. The van der Waals surface area contributed by atoms with Crippen molar-refractivity contribution in [3.05, 3.63) is 53.6 Å². The summed E-state index contributed by atoms with van der Waals surface area (Å²) in [6.07, 6.45) is 1.64. The first-order valence-corrected chi connectivity index (χ1v) is 9.49. The zero-order chi connectivity index (χ0) is 17.6. The van der Waals surface area contributed by atoms with E-state index in [-0.39, 0.29) is 24.2 Å². The summed E-state index contributed by atoms with van der Waals surface area (Å²) in [5, 5.41) is 3.48. The van der Waals surface area contributed by atoms with Gasteiger partial charge in [0.05, 0.1) is 11.1 Å². The molecule has 140 valence electrons. The van der Waals surface area contributed by atoms with Crippen molar-refractivity contribution < 1.29 is 9.53 Å². The molecular weight excluding hydrogens is 391 g/mol. The standard InChI is InChI=1S/C19H21ClN2O2S.ClH/c20-16-12-14(6-7-17(16)25-15-4-2-1-3-5-15)22-19(23)18(21)13-8-10-24-11-9-13;/h1-7,12-13,18H,8-11,21H2,(H,22,23);1H. The Balaban J connectivity index is 0.00000243. The molecule has 0 aromatic heterocycles. The smallest absolute Gasteiger partial charge is 0.241 e. The van der Waals surface area contributed by atoms with E-state index in [0.29, 0.717) is 23.9 Å². The number of carbonyl (C=O) groups is 1. The summed E-state index contributed by atoms with van der Waals surface area (Å²) in [5.74, 6) is -0.0106. The van der Waals surface area contributed by atoms with E-state index in [1.807, 2.05) is 42.5 Å². The Morgan fingerprint density at radius 1 is 1.19 bits per heavy atom. The van der Waals surface area contributed by atoms with Crippen molar-refractivity contribution in [1.29, 1.82) is 0 Å². The molecule has 2 aromatic rings. The summed E-state index contributed by atoms with van der Waals surface area (Å²) in [5.41, 5.74) is 6.77. The molecule has 1 unspecified atom stereocenters. The maximum absolute atomic E-state index is 12.4. The van der Waals surface area contributed by atoms with Gasteiger partial charge in [0, 0.05) is 28.7 Å². The normalized spacial score (nSPS) is 15.8. The van der Waals surface area contributed by atoms with Crippen LogP contribution in [0.5, 0.6) is 0 Å². The Bertz CT molecular complexity index is 725. The Morgan fingerprint density at radius 2 is 1.88 bits per heavy atom. The number of amides is 1. The molecule has 1 aliphatic rings. The number of nitrogens with one attached hydrogen (secondary N) is 1. The first kappa shape index (κ1) is 21.1. The molecule has 4 nitrogen and oxygen atoms in total. The molecule has 1 atom stereocenters. The summed E-state index contributed by atoms with van der Waals surface area (Å²) < 4.78 is 5.32. The third-order valence-corrected chi connectivity index (χ3v) is 5.76. The van der Waals surface area contributed by atoms with Crippen molar-refractivity contribution in [2.75, 3.05) is 18.5 Å². The summed E-state index contributed by atoms with van der Waals surface area (Å²) in [6.45, 7) is 1.34. The number of benzene rings is 2. The van der Waals surface area contributed by atoms with Crippen molar-refractivity contribution in [2.45, 2.75) is 28.7 Å². The molecule has 0 bridgehead atoms. The highest BCUT2D eigenvalue weighted by molar-refractivity contribution is 7.99. The number of hydrogen-bond acceptors (Lipinski definition) is 4. The lowest BCUT2D eigenvalue weighted by Gasteiger charge is -2.26. The van der Waals surface area contributed by atoms with E-state index in [0.717, 1.165) is 22.6 Å². The van der Waals surface area contributed by atoms with Crippen LogP contribution in [0.25, 0.3) is 0 Å². The van der Waals surface area contributed by atoms with Crippen LogP contribution in [0.1, 0.15) is 12.8 Å². The molecule has 0 aliphatic carbocycles. The van der Waals surface area contributed by atoms with Crippen molar-refractivity contribution in [3.63, 3.8) is 0 Å². The Labute approximate surface area is 169 Å². The first-order valence-electron chi connectivity index (χ1n) is 8.30. The predicted molar refractivity (Wildman–Crippen MR) is 109 cm³/mol. The SMILES string of the molecule is Cl.NC(C(=O)Nc1ccc(Sc2ccccc2)c(Cl)c1)C1CCOCC1. The minimum atomic E-state index is -0.527. The van der Waals surface area contributed by atoms with Gasteiger partial charge in [0.1, 0.15) is 0 Å². The molecule has 1 fully saturated rings. The largest absolute Gasteiger partial charge is 0.381 e. The van der Waals surface area contributed by atoms with Gasteiger partial charge in [-0.2, -0.15) is 0 Å². The molecule has 7 heteroatoms. The van der Waals surface area contributed by atoms with E-state index in [1.165, 1.54) is 0 Å². The van der Waals surface area contributed by atoms with Crippen molar-refractivity contribution >= 4 is 47.4 Å². The van der Waals surface area contributed by atoms with Crippen LogP contribution in [0.2, 0.25) is 5.02 Å². The molecule has 0 radical (unpaired) electrons. The molecular formula is C19H22Cl2N2O2S. The average Bonchev–Trinajstić information content (AvgIpc) is 2.65. The van der Waals surface area contributed by atoms with Crippen LogP contribution in [0.15, 0.2) is 58.3 Å². The zero-order valence-electron chi connectivity index (χ0n) is 14.2. The number of hydrogen-bond donors (Lipinski definition) is 2. The van der Waals surface area contributed by atoms with Gasteiger partial charge >= 0.3 is 0 Å². The Hall–Kier alpha value is -1.24. The number of nitrogens with two attached hydrogens (primary N) is 1. The topological polar surface area (TPSA) is 64.4 Å². The summed E-state index contributed by atoms with van der Waals surface area (Å²) in [4.78, 5) is 14.4. The molecule has 1 amide bonds. The van der Waals surface area contributed by atoms with E-state index in [9.17, 15) is 4.79 Å². The van der Waals surface area contributed by atoms with Gasteiger partial charge in [-0.25, -0.2) is 0 Å². The molecule has 1 heterocycles. The van der Waals surface area contributed by atoms with Gasteiger partial charge in [-0.1, -0.05) is 41.6 Å². The van der Waals surface area contributed by atoms with Crippen molar-refractivity contribution in [1.82, 2.24) is 0 Å². The Kier molecular flexibility index (Phi) is 8.25. The molecule has 1 saturated heterocycles. The number of anilines is 1. The van der Waals surface area contributed by atoms with Gasteiger partial charge in [0.15, 0.2) is 0 Å². The van der Waals surface area contributed by atoms with E-state index in [2.05, 4.69) is 5.32 Å². The van der Waals surface area contributed by atoms with Crippen LogP contribution in [-0.4, -0.2) is 25.2 Å². The maximum atomic E-state index is 12.4. The van der Waals surface area contributed by atoms with Crippen LogP contribution in [0, 0.1) is 5.92 Å². The maximum Gasteiger partial charge on any atom is 0.241 e. The monoisotopic (exact) mass is 412 g/mol. The highest BCUT2D eigenvalue weighted by atomic mass is 35.5. The van der Waals surface area contributed by atoms with Crippen molar-refractivity contribution in [3.8, 4) is 0 Å². The lowest BCUT2D eigenvalue weighted by molar-refractivity contribution is -0.119. The minimum absolute atomic E-state index is 0. The molecule has 1 aliphatic heterocycles. The van der Waals surface area contributed by atoms with Gasteiger partial charge in [-0.3, -0.25) is 4.79 Å².